The van der Waals surface area contributed by atoms with E-state index in [9.17, 15) is 4.79 Å². The van der Waals surface area contributed by atoms with Crippen LogP contribution in [-0.4, -0.2) is 27.3 Å². The molecule has 25 heavy (non-hydrogen) atoms. The molecule has 0 spiro atoms. The number of fused-ring (bicyclic) bond motifs is 1. The molecule has 1 aromatic heterocycles. The van der Waals surface area contributed by atoms with Crippen molar-refractivity contribution in [1.82, 2.24) is 20.1 Å². The van der Waals surface area contributed by atoms with Crippen LogP contribution in [0.15, 0.2) is 60.9 Å². The Morgan fingerprint density at radius 2 is 1.96 bits per heavy atom. The highest BCUT2D eigenvalue weighted by Gasteiger charge is 2.27. The maximum Gasteiger partial charge on any atom is 0.228 e. The Kier molecular flexibility index (Phi) is 4.16. The lowest BCUT2D eigenvalue weighted by molar-refractivity contribution is -0.123. The first-order valence-electron chi connectivity index (χ1n) is 8.26. The van der Waals surface area contributed by atoms with E-state index in [0.717, 1.165) is 17.0 Å². The molecule has 6 heteroatoms. The van der Waals surface area contributed by atoms with Gasteiger partial charge in [-0.1, -0.05) is 36.4 Å². The lowest BCUT2D eigenvalue weighted by Crippen LogP contribution is -2.32. The van der Waals surface area contributed by atoms with Crippen LogP contribution in [0, 0.1) is 0 Å². The number of hydrogen-bond acceptors (Lipinski definition) is 4. The van der Waals surface area contributed by atoms with Crippen molar-refractivity contribution in [3.05, 3.63) is 72.3 Å². The molecule has 1 aliphatic heterocycles. The van der Waals surface area contributed by atoms with Crippen LogP contribution in [-0.2, 0) is 11.3 Å². The number of hydrogen-bond donors (Lipinski definition) is 1. The Morgan fingerprint density at radius 1 is 1.16 bits per heavy atom. The number of aromatic nitrogens is 3. The van der Waals surface area contributed by atoms with Crippen LogP contribution >= 0.6 is 0 Å². The summed E-state index contributed by atoms with van der Waals surface area (Å²) in [5.41, 5.74) is 1.91. The molecule has 2 heterocycles. The van der Waals surface area contributed by atoms with Gasteiger partial charge < -0.3 is 10.1 Å². The first-order valence-corrected chi connectivity index (χ1v) is 8.26. The second-order valence-corrected chi connectivity index (χ2v) is 5.90. The van der Waals surface area contributed by atoms with Gasteiger partial charge in [0.2, 0.25) is 5.91 Å². The van der Waals surface area contributed by atoms with Crippen molar-refractivity contribution in [3.8, 4) is 11.4 Å². The Labute approximate surface area is 145 Å². The van der Waals surface area contributed by atoms with Gasteiger partial charge in [0.05, 0.1) is 19.1 Å². The van der Waals surface area contributed by atoms with E-state index < -0.39 is 0 Å². The third-order valence-electron chi connectivity index (χ3n) is 4.35. The van der Waals surface area contributed by atoms with E-state index in [1.165, 1.54) is 0 Å². The molecule has 0 fully saturated rings. The Morgan fingerprint density at radius 3 is 2.84 bits per heavy atom. The molecule has 0 saturated carbocycles. The fourth-order valence-corrected chi connectivity index (χ4v) is 3.09. The SMILES string of the molecule is O=C(NCc1nncn1-c1ccccc1)C1CCOc2ccccc21. The molecule has 1 unspecified atom stereocenters. The van der Waals surface area contributed by atoms with Crippen LogP contribution in [0.1, 0.15) is 23.7 Å². The molecule has 3 aromatic rings. The molecule has 0 saturated heterocycles. The normalized spacial score (nSPS) is 15.9. The molecular weight excluding hydrogens is 316 g/mol. The van der Waals surface area contributed by atoms with Crippen molar-refractivity contribution in [1.29, 1.82) is 0 Å². The fourth-order valence-electron chi connectivity index (χ4n) is 3.09. The van der Waals surface area contributed by atoms with Crippen LogP contribution in [0.3, 0.4) is 0 Å². The van der Waals surface area contributed by atoms with Crippen molar-refractivity contribution in [2.75, 3.05) is 6.61 Å². The minimum atomic E-state index is -0.196. The number of carbonyl (C=O) groups excluding carboxylic acids is 1. The van der Waals surface area contributed by atoms with Crippen molar-refractivity contribution < 1.29 is 9.53 Å². The number of para-hydroxylation sites is 2. The number of benzene rings is 2. The zero-order valence-electron chi connectivity index (χ0n) is 13.6. The van der Waals surface area contributed by atoms with Gasteiger partial charge in [-0.05, 0) is 24.6 Å². The lowest BCUT2D eigenvalue weighted by Gasteiger charge is -2.25. The minimum absolute atomic E-state index is 0.0154. The number of nitrogens with zero attached hydrogens (tertiary/aromatic N) is 3. The van der Waals surface area contributed by atoms with E-state index in [4.69, 9.17) is 4.74 Å². The second-order valence-electron chi connectivity index (χ2n) is 5.90. The van der Waals surface area contributed by atoms with E-state index in [0.29, 0.717) is 25.4 Å². The number of rotatable bonds is 4. The highest BCUT2D eigenvalue weighted by molar-refractivity contribution is 5.84. The van der Waals surface area contributed by atoms with Gasteiger partial charge in [0.25, 0.3) is 0 Å². The van der Waals surface area contributed by atoms with Crippen molar-refractivity contribution in [2.24, 2.45) is 0 Å². The molecule has 126 valence electrons. The summed E-state index contributed by atoms with van der Waals surface area (Å²) in [5.74, 6) is 1.28. The van der Waals surface area contributed by atoms with Crippen LogP contribution in [0.2, 0.25) is 0 Å². The number of nitrogens with one attached hydrogen (secondary N) is 1. The molecule has 1 aliphatic rings. The monoisotopic (exact) mass is 334 g/mol. The molecule has 1 N–H and O–H groups in total. The lowest BCUT2D eigenvalue weighted by atomic mass is 9.92. The van der Waals surface area contributed by atoms with Gasteiger partial charge in [-0.15, -0.1) is 10.2 Å². The Balaban J connectivity index is 1.48. The zero-order valence-corrected chi connectivity index (χ0v) is 13.6. The number of ether oxygens (including phenoxy) is 1. The summed E-state index contributed by atoms with van der Waals surface area (Å²) in [5, 5.41) is 11.1. The maximum atomic E-state index is 12.7. The molecule has 6 nitrogen and oxygen atoms in total. The Hall–Kier alpha value is -3.15. The van der Waals surface area contributed by atoms with Crippen LogP contribution < -0.4 is 10.1 Å². The fraction of sp³-hybridized carbons (Fsp3) is 0.211. The van der Waals surface area contributed by atoms with Gasteiger partial charge in [0, 0.05) is 11.3 Å². The molecule has 1 amide bonds. The van der Waals surface area contributed by atoms with E-state index in [2.05, 4.69) is 15.5 Å². The van der Waals surface area contributed by atoms with Crippen molar-refractivity contribution in [3.63, 3.8) is 0 Å². The summed E-state index contributed by atoms with van der Waals surface area (Å²) in [6.45, 7) is 0.878. The van der Waals surface area contributed by atoms with Gasteiger partial charge in [-0.3, -0.25) is 9.36 Å². The number of amides is 1. The standard InChI is InChI=1S/C19H18N4O2/c24-19(16-10-11-25-17-9-5-4-8-15(16)17)20-12-18-22-21-13-23(18)14-6-2-1-3-7-14/h1-9,13,16H,10-12H2,(H,20,24). The molecule has 2 aromatic carbocycles. The minimum Gasteiger partial charge on any atom is -0.493 e. The summed E-state index contributed by atoms with van der Waals surface area (Å²) >= 11 is 0. The van der Waals surface area contributed by atoms with Gasteiger partial charge >= 0.3 is 0 Å². The van der Waals surface area contributed by atoms with E-state index in [-0.39, 0.29) is 11.8 Å². The zero-order chi connectivity index (χ0) is 17.1. The van der Waals surface area contributed by atoms with Gasteiger partial charge in [0.1, 0.15) is 12.1 Å². The summed E-state index contributed by atoms with van der Waals surface area (Å²) in [7, 11) is 0. The molecule has 4 rings (SSSR count). The third-order valence-corrected chi connectivity index (χ3v) is 4.35. The summed E-state index contributed by atoms with van der Waals surface area (Å²) in [6.07, 6.45) is 2.33. The highest BCUT2D eigenvalue weighted by Crippen LogP contribution is 2.33. The quantitative estimate of drug-likeness (QED) is 0.796. The summed E-state index contributed by atoms with van der Waals surface area (Å²) in [4.78, 5) is 12.7. The molecule has 0 bridgehead atoms. The van der Waals surface area contributed by atoms with Crippen LogP contribution in [0.25, 0.3) is 5.69 Å². The highest BCUT2D eigenvalue weighted by atomic mass is 16.5. The molecule has 1 atom stereocenters. The van der Waals surface area contributed by atoms with Crippen molar-refractivity contribution >= 4 is 5.91 Å². The third kappa shape index (κ3) is 3.10. The largest absolute Gasteiger partial charge is 0.493 e. The van der Waals surface area contributed by atoms with Gasteiger partial charge in [-0.2, -0.15) is 0 Å². The summed E-state index contributed by atoms with van der Waals surface area (Å²) < 4.78 is 7.50. The number of carbonyl (C=O) groups is 1. The maximum absolute atomic E-state index is 12.7. The summed E-state index contributed by atoms with van der Waals surface area (Å²) in [6, 6.07) is 17.5. The average Bonchev–Trinajstić information content (AvgIpc) is 3.15. The van der Waals surface area contributed by atoms with E-state index >= 15 is 0 Å². The van der Waals surface area contributed by atoms with E-state index in [1.54, 1.807) is 6.33 Å². The smallest absolute Gasteiger partial charge is 0.228 e. The molecule has 0 radical (unpaired) electrons. The first kappa shape index (κ1) is 15.4. The topological polar surface area (TPSA) is 69.0 Å². The Bertz CT molecular complexity index is 876. The average molecular weight is 334 g/mol. The van der Waals surface area contributed by atoms with Crippen LogP contribution in [0.5, 0.6) is 5.75 Å². The van der Waals surface area contributed by atoms with Gasteiger partial charge in [0.15, 0.2) is 5.82 Å². The van der Waals surface area contributed by atoms with Crippen molar-refractivity contribution in [2.45, 2.75) is 18.9 Å². The second kappa shape index (κ2) is 6.76. The van der Waals surface area contributed by atoms with E-state index in [1.807, 2.05) is 59.2 Å². The predicted octanol–water partition coefficient (Wildman–Crippen LogP) is 2.45. The predicted molar refractivity (Wildman–Crippen MR) is 92.5 cm³/mol. The first-order chi connectivity index (χ1) is 12.3. The van der Waals surface area contributed by atoms with Crippen LogP contribution in [0.4, 0.5) is 0 Å². The van der Waals surface area contributed by atoms with Gasteiger partial charge in [-0.25, -0.2) is 0 Å². The molecule has 0 aliphatic carbocycles. The molecular formula is C19H18N4O2.